The molecular weight excluding hydrogens is 1010 g/mol. The summed E-state index contributed by atoms with van der Waals surface area (Å²) in [5.74, 6) is -14.2. The number of hydrogen-bond donors (Lipinski definition) is 0. The molecule has 3 aliphatic rings. The summed E-state index contributed by atoms with van der Waals surface area (Å²) in [7, 11) is 0. The minimum atomic E-state index is -4.04. The Hall–Kier alpha value is -3.87. The van der Waals surface area contributed by atoms with Gasteiger partial charge < -0.3 is 0 Å². The van der Waals surface area contributed by atoms with Crippen molar-refractivity contribution in [3.8, 4) is 49.0 Å². The summed E-state index contributed by atoms with van der Waals surface area (Å²) in [6.07, 6.45) is 24.9. The molecule has 0 atom stereocenters. The summed E-state index contributed by atoms with van der Waals surface area (Å²) in [6.45, 7) is 4.43. The molecule has 70 heavy (non-hydrogen) atoms. The average Bonchev–Trinajstić information content (AvgIpc) is 4.22. The van der Waals surface area contributed by atoms with Crippen LogP contribution in [0.3, 0.4) is 0 Å². The highest BCUT2D eigenvalue weighted by atomic mass is 32.1. The molecule has 6 aromatic rings. The molecule has 0 amide bonds. The van der Waals surface area contributed by atoms with Gasteiger partial charge in [0, 0.05) is 30.6 Å². The number of ketones is 5. The maximum absolute atomic E-state index is 14.4. The zero-order valence-electron chi connectivity index (χ0n) is 39.3. The largest absolute Gasteiger partial charge is 0.372 e. The lowest BCUT2D eigenvalue weighted by atomic mass is 10.0. The number of alkyl halides is 4. The molecule has 0 aliphatic heterocycles. The Morgan fingerprint density at radius 2 is 0.714 bits per heavy atom. The van der Waals surface area contributed by atoms with Crippen LogP contribution in [-0.2, 0) is 12.8 Å². The second-order valence-electron chi connectivity index (χ2n) is 18.7. The Balaban J connectivity index is 0.952. The van der Waals surface area contributed by atoms with Gasteiger partial charge in [-0.1, -0.05) is 129 Å². The van der Waals surface area contributed by atoms with Crippen LogP contribution in [-0.4, -0.2) is 50.7 Å². The molecule has 370 valence electrons. The maximum Gasteiger partial charge on any atom is 0.372 e. The molecule has 0 spiro atoms. The summed E-state index contributed by atoms with van der Waals surface area (Å²) >= 11 is 7.46. The first-order valence-corrected chi connectivity index (χ1v) is 29.7. The van der Waals surface area contributed by atoms with E-state index in [1.807, 2.05) is 12.1 Å². The third-order valence-electron chi connectivity index (χ3n) is 13.5. The predicted octanol–water partition coefficient (Wildman–Crippen LogP) is 17.7. The number of aryl methyl sites for hydroxylation is 2. The van der Waals surface area contributed by atoms with Crippen LogP contribution in [0.15, 0.2) is 24.3 Å². The van der Waals surface area contributed by atoms with E-state index < -0.39 is 35.0 Å². The lowest BCUT2D eigenvalue weighted by Crippen LogP contribution is -2.30. The molecule has 0 fully saturated rings. The van der Waals surface area contributed by atoms with Gasteiger partial charge in [0.1, 0.15) is 21.4 Å². The molecule has 9 rings (SSSR count). The van der Waals surface area contributed by atoms with E-state index in [-0.39, 0.29) is 26.7 Å². The Morgan fingerprint density at radius 1 is 0.386 bits per heavy atom. The molecule has 0 radical (unpaired) electrons. The summed E-state index contributed by atoms with van der Waals surface area (Å²) in [6, 6.07) is 6.94. The van der Waals surface area contributed by atoms with Crippen LogP contribution < -0.4 is 0 Å². The van der Waals surface area contributed by atoms with Gasteiger partial charge in [-0.05, 0) is 61.1 Å². The molecule has 0 bridgehead atoms. The highest BCUT2D eigenvalue weighted by Gasteiger charge is 2.57. The number of Topliss-reactive ketones (excluding diaryl/α,β-unsaturated/α-hetero) is 4. The van der Waals surface area contributed by atoms with Crippen molar-refractivity contribution in [2.45, 2.75) is 167 Å². The number of fused-ring (bicyclic) bond motifs is 5. The van der Waals surface area contributed by atoms with Crippen LogP contribution >= 0.6 is 68.0 Å². The monoisotopic (exact) mass is 1070 g/mol. The minimum absolute atomic E-state index is 0.213. The number of hydrogen-bond acceptors (Lipinski definition) is 13. The number of thiazole rings is 2. The summed E-state index contributed by atoms with van der Waals surface area (Å²) in [5, 5.41) is 1.25. The van der Waals surface area contributed by atoms with Crippen molar-refractivity contribution in [2.75, 3.05) is 0 Å². The van der Waals surface area contributed by atoms with E-state index in [1.165, 1.54) is 147 Å². The van der Waals surface area contributed by atoms with Crippen molar-refractivity contribution in [3.63, 3.8) is 0 Å². The number of carbonyl (C=O) groups excluding carboxylic acids is 5. The minimum Gasteiger partial charge on any atom is -0.287 e. The molecule has 3 aliphatic carbocycles. The van der Waals surface area contributed by atoms with Gasteiger partial charge in [0.2, 0.25) is 17.3 Å². The first-order valence-electron chi connectivity index (χ1n) is 24.8. The normalized spacial score (nSPS) is 15.5. The van der Waals surface area contributed by atoms with Gasteiger partial charge in [-0.15, -0.1) is 68.0 Å². The van der Waals surface area contributed by atoms with E-state index in [1.54, 1.807) is 0 Å². The van der Waals surface area contributed by atoms with E-state index in [0.29, 0.717) is 53.8 Å². The Morgan fingerprint density at radius 3 is 1.06 bits per heavy atom. The molecule has 0 N–H and O–H groups in total. The van der Waals surface area contributed by atoms with Gasteiger partial charge in [-0.25, -0.2) is 9.97 Å². The van der Waals surface area contributed by atoms with Crippen LogP contribution in [0.1, 0.15) is 210 Å². The number of thiophene rings is 4. The number of unbranched alkanes of at least 4 members (excludes halogenated alkanes) is 18. The van der Waals surface area contributed by atoms with E-state index >= 15 is 0 Å². The first-order chi connectivity index (χ1) is 33.7. The van der Waals surface area contributed by atoms with Gasteiger partial charge >= 0.3 is 11.8 Å². The van der Waals surface area contributed by atoms with Gasteiger partial charge in [-0.3, -0.25) is 24.0 Å². The summed E-state index contributed by atoms with van der Waals surface area (Å²) in [4.78, 5) is 79.4. The molecule has 0 unspecified atom stereocenters. The molecule has 6 aromatic heterocycles. The number of rotatable bonds is 26. The lowest BCUT2D eigenvalue weighted by Gasteiger charge is -2.05. The van der Waals surface area contributed by atoms with Crippen molar-refractivity contribution >= 4 is 96.9 Å². The van der Waals surface area contributed by atoms with Crippen molar-refractivity contribution in [1.29, 1.82) is 0 Å². The van der Waals surface area contributed by atoms with Gasteiger partial charge in [-0.2, -0.15) is 17.6 Å². The van der Waals surface area contributed by atoms with Gasteiger partial charge in [0.05, 0.1) is 29.3 Å². The standard InChI is InChI=1S/C53H54F4N2O5S6/c1-3-5-7-9-11-13-15-17-19-21-23-29-25-35(67-40(29)33-27-31-42(65-33)48(63)52(54,55)46(31)61)50-58-37-39(60)38-45(44(37)69-50)70-51(59-38)36-26-30(24-22-20-18-16-14-12-10-8-6-4-2)41(68-36)34-28-32-43(66-34)49(64)53(56,57)47(32)62/h25-28H,3-24H2,1-2H3. The third kappa shape index (κ3) is 9.97. The summed E-state index contributed by atoms with van der Waals surface area (Å²) in [5.41, 5.74) is 2.11. The topological polar surface area (TPSA) is 111 Å². The highest BCUT2D eigenvalue weighted by Crippen LogP contribution is 2.53. The molecule has 0 aromatic carbocycles. The molecule has 17 heteroatoms. The van der Waals surface area contributed by atoms with Crippen LogP contribution in [0, 0.1) is 0 Å². The number of nitrogens with zero attached hydrogens (tertiary/aromatic N) is 2. The molecular formula is C53H54F4N2O5S6. The molecule has 6 heterocycles. The second kappa shape index (κ2) is 21.7. The highest BCUT2D eigenvalue weighted by molar-refractivity contribution is 7.31. The van der Waals surface area contributed by atoms with E-state index in [2.05, 4.69) is 13.8 Å². The fraction of sp³-hybridized carbons (Fsp3) is 0.491. The predicted molar refractivity (Wildman–Crippen MR) is 278 cm³/mol. The van der Waals surface area contributed by atoms with Crippen molar-refractivity contribution in [1.82, 2.24) is 9.97 Å². The Bertz CT molecular complexity index is 2700. The van der Waals surface area contributed by atoms with Crippen LogP contribution in [0.5, 0.6) is 0 Å². The van der Waals surface area contributed by atoms with E-state index in [9.17, 15) is 41.5 Å². The Labute approximate surface area is 429 Å². The van der Waals surface area contributed by atoms with E-state index in [4.69, 9.17) is 9.97 Å². The van der Waals surface area contributed by atoms with Crippen LogP contribution in [0.4, 0.5) is 17.6 Å². The quantitative estimate of drug-likeness (QED) is 0.0302. The number of carbonyl (C=O) groups is 5. The number of aromatic nitrogens is 2. The maximum atomic E-state index is 14.4. The fourth-order valence-corrected chi connectivity index (χ4v) is 16.8. The van der Waals surface area contributed by atoms with Crippen LogP contribution in [0.25, 0.3) is 49.0 Å². The first kappa shape index (κ1) is 51.0. The molecule has 0 saturated heterocycles. The zero-order valence-corrected chi connectivity index (χ0v) is 44.2. The summed E-state index contributed by atoms with van der Waals surface area (Å²) < 4.78 is 57.6. The van der Waals surface area contributed by atoms with Crippen molar-refractivity contribution in [2.24, 2.45) is 0 Å². The molecule has 7 nitrogen and oxygen atoms in total. The lowest BCUT2D eigenvalue weighted by molar-refractivity contribution is 0.0187. The smallest absolute Gasteiger partial charge is 0.287 e. The average molecular weight is 1070 g/mol. The SMILES string of the molecule is CCCCCCCCCCCCc1cc(-c2nc3c(s2)-c2sc(-c4cc(CCCCCCCCCCCC)c(-c5cc6c(s5)C(=O)C(F)(F)C6=O)s4)nc2C3=O)sc1-c1cc2c(s1)C(=O)C(F)(F)C2=O. The number of halogens is 4. The van der Waals surface area contributed by atoms with Crippen molar-refractivity contribution in [3.05, 3.63) is 67.7 Å². The second-order valence-corrected chi connectivity index (χ2v) is 24.9. The van der Waals surface area contributed by atoms with Crippen LogP contribution in [0.2, 0.25) is 0 Å². The van der Waals surface area contributed by atoms with Gasteiger partial charge in [0.15, 0.2) is 0 Å². The third-order valence-corrected chi connectivity index (χ3v) is 21.1. The Kier molecular flexibility index (Phi) is 15.8. The zero-order chi connectivity index (χ0) is 49.3. The fourth-order valence-electron chi connectivity index (χ4n) is 9.55. The molecule has 0 saturated carbocycles. The van der Waals surface area contributed by atoms with Crippen molar-refractivity contribution < 1.29 is 41.5 Å². The van der Waals surface area contributed by atoms with Gasteiger partial charge in [0.25, 0.3) is 11.6 Å². The van der Waals surface area contributed by atoms with E-state index in [0.717, 1.165) is 91.8 Å².